The zero-order chi connectivity index (χ0) is 13.9. The van der Waals surface area contributed by atoms with Crippen molar-refractivity contribution in [3.05, 3.63) is 64.8 Å². The molecule has 3 rings (SSSR count). The fraction of sp³-hybridized carbons (Fsp3) is 0.0625. The van der Waals surface area contributed by atoms with Gasteiger partial charge < -0.3 is 10.5 Å². The van der Waals surface area contributed by atoms with Crippen molar-refractivity contribution >= 4 is 32.5 Å². The van der Waals surface area contributed by atoms with Crippen molar-refractivity contribution in [1.29, 1.82) is 0 Å². The average Bonchev–Trinajstić information content (AvgIpc) is 2.48. The van der Waals surface area contributed by atoms with Crippen LogP contribution >= 0.6 is 15.9 Å². The van der Waals surface area contributed by atoms with E-state index < -0.39 is 0 Å². The van der Waals surface area contributed by atoms with Crippen molar-refractivity contribution in [1.82, 2.24) is 4.98 Å². The average molecular weight is 329 g/mol. The molecular weight excluding hydrogens is 316 g/mol. The van der Waals surface area contributed by atoms with E-state index in [0.29, 0.717) is 18.0 Å². The number of anilines is 1. The molecular formula is C16H13BrN2O. The third kappa shape index (κ3) is 2.47. The minimum absolute atomic E-state index is 0.470. The summed E-state index contributed by atoms with van der Waals surface area (Å²) in [5.41, 5.74) is 8.73. The number of hydrogen-bond donors (Lipinski definition) is 1. The maximum absolute atomic E-state index is 6.14. The molecule has 0 aliphatic rings. The lowest BCUT2D eigenvalue weighted by Crippen LogP contribution is -2.00. The first-order valence-corrected chi connectivity index (χ1v) is 7.04. The number of fused-ring (bicyclic) bond motifs is 1. The Balaban J connectivity index is 1.88. The minimum Gasteiger partial charge on any atom is -0.487 e. The number of aromatic nitrogens is 1. The van der Waals surface area contributed by atoms with E-state index in [1.807, 2.05) is 48.5 Å². The van der Waals surface area contributed by atoms with Crippen molar-refractivity contribution < 1.29 is 4.74 Å². The van der Waals surface area contributed by atoms with Gasteiger partial charge in [-0.3, -0.25) is 4.98 Å². The first-order valence-electron chi connectivity index (χ1n) is 6.25. The van der Waals surface area contributed by atoms with Crippen LogP contribution < -0.4 is 10.5 Å². The Kier molecular flexibility index (Phi) is 3.56. The van der Waals surface area contributed by atoms with Crippen LogP contribution in [0.5, 0.6) is 5.75 Å². The molecule has 0 saturated heterocycles. The van der Waals surface area contributed by atoms with Gasteiger partial charge in [0.2, 0.25) is 0 Å². The van der Waals surface area contributed by atoms with Crippen LogP contribution in [0, 0.1) is 0 Å². The summed E-state index contributed by atoms with van der Waals surface area (Å²) < 4.78 is 6.86. The molecule has 2 N–H and O–H groups in total. The van der Waals surface area contributed by atoms with Gasteiger partial charge in [-0.05, 0) is 30.3 Å². The van der Waals surface area contributed by atoms with Gasteiger partial charge in [0.05, 0.1) is 11.2 Å². The highest BCUT2D eigenvalue weighted by Gasteiger charge is 2.07. The third-order valence-corrected chi connectivity index (χ3v) is 3.90. The largest absolute Gasteiger partial charge is 0.487 e. The highest BCUT2D eigenvalue weighted by Crippen LogP contribution is 2.30. The van der Waals surface area contributed by atoms with Crippen molar-refractivity contribution in [3.8, 4) is 5.75 Å². The number of ether oxygens (including phenoxy) is 1. The standard InChI is InChI=1S/C16H13BrN2O/c17-13-6-2-1-4-11(13)10-20-15-8-7-14-12(16(15)18)5-3-9-19-14/h1-9H,10,18H2. The van der Waals surface area contributed by atoms with E-state index in [-0.39, 0.29) is 0 Å². The van der Waals surface area contributed by atoms with Gasteiger partial charge in [0.25, 0.3) is 0 Å². The Morgan fingerprint density at radius 1 is 1.05 bits per heavy atom. The van der Waals surface area contributed by atoms with Crippen LogP contribution in [0.25, 0.3) is 10.9 Å². The number of hydrogen-bond acceptors (Lipinski definition) is 3. The lowest BCUT2D eigenvalue weighted by molar-refractivity contribution is 0.307. The van der Waals surface area contributed by atoms with Crippen molar-refractivity contribution in [2.24, 2.45) is 0 Å². The van der Waals surface area contributed by atoms with Crippen LogP contribution in [0.2, 0.25) is 0 Å². The molecule has 0 fully saturated rings. The molecule has 0 aliphatic heterocycles. The smallest absolute Gasteiger partial charge is 0.143 e. The molecule has 0 atom stereocenters. The molecule has 0 radical (unpaired) electrons. The molecule has 1 aromatic heterocycles. The molecule has 0 aliphatic carbocycles. The predicted molar refractivity (Wildman–Crippen MR) is 84.6 cm³/mol. The van der Waals surface area contributed by atoms with Crippen LogP contribution in [-0.4, -0.2) is 4.98 Å². The summed E-state index contributed by atoms with van der Waals surface area (Å²) in [7, 11) is 0. The molecule has 0 unspecified atom stereocenters. The molecule has 3 nitrogen and oxygen atoms in total. The Bertz CT molecular complexity index is 758. The summed E-state index contributed by atoms with van der Waals surface area (Å²) in [4.78, 5) is 4.27. The Hall–Kier alpha value is -2.07. The summed E-state index contributed by atoms with van der Waals surface area (Å²) in [6, 6.07) is 15.6. The molecule has 4 heteroatoms. The zero-order valence-corrected chi connectivity index (χ0v) is 12.3. The molecule has 100 valence electrons. The van der Waals surface area contributed by atoms with E-state index in [0.717, 1.165) is 20.9 Å². The lowest BCUT2D eigenvalue weighted by atomic mass is 10.1. The van der Waals surface area contributed by atoms with E-state index in [2.05, 4.69) is 20.9 Å². The number of halogens is 1. The van der Waals surface area contributed by atoms with Gasteiger partial charge in [-0.25, -0.2) is 0 Å². The van der Waals surface area contributed by atoms with E-state index in [9.17, 15) is 0 Å². The summed E-state index contributed by atoms with van der Waals surface area (Å²) in [6.07, 6.45) is 1.75. The number of nitrogens with zero attached hydrogens (tertiary/aromatic N) is 1. The van der Waals surface area contributed by atoms with Gasteiger partial charge in [-0.2, -0.15) is 0 Å². The minimum atomic E-state index is 0.470. The summed E-state index contributed by atoms with van der Waals surface area (Å²) in [5.74, 6) is 0.682. The third-order valence-electron chi connectivity index (χ3n) is 3.13. The van der Waals surface area contributed by atoms with E-state index in [1.54, 1.807) is 6.20 Å². The van der Waals surface area contributed by atoms with Crippen LogP contribution in [0.1, 0.15) is 5.56 Å². The van der Waals surface area contributed by atoms with Gasteiger partial charge in [-0.1, -0.05) is 34.1 Å². The number of pyridine rings is 1. The van der Waals surface area contributed by atoms with E-state index in [1.165, 1.54) is 0 Å². The first-order chi connectivity index (χ1) is 9.75. The first kappa shape index (κ1) is 12.9. The quantitative estimate of drug-likeness (QED) is 0.734. The zero-order valence-electron chi connectivity index (χ0n) is 10.7. The SMILES string of the molecule is Nc1c(OCc2ccccc2Br)ccc2ncccc12. The van der Waals surface area contributed by atoms with Gasteiger partial charge in [0, 0.05) is 21.6 Å². The molecule has 1 heterocycles. The maximum Gasteiger partial charge on any atom is 0.143 e. The van der Waals surface area contributed by atoms with Crippen molar-refractivity contribution in [2.45, 2.75) is 6.61 Å². The topological polar surface area (TPSA) is 48.1 Å². The fourth-order valence-corrected chi connectivity index (χ4v) is 2.45. The second-order valence-electron chi connectivity index (χ2n) is 4.43. The van der Waals surface area contributed by atoms with Crippen LogP contribution in [0.4, 0.5) is 5.69 Å². The molecule has 0 spiro atoms. The van der Waals surface area contributed by atoms with Crippen LogP contribution in [0.3, 0.4) is 0 Å². The van der Waals surface area contributed by atoms with Crippen LogP contribution in [0.15, 0.2) is 59.2 Å². The molecule has 0 saturated carbocycles. The fourth-order valence-electron chi connectivity index (χ4n) is 2.05. The second-order valence-corrected chi connectivity index (χ2v) is 5.28. The predicted octanol–water partition coefficient (Wildman–Crippen LogP) is 4.16. The number of rotatable bonds is 3. The normalized spacial score (nSPS) is 10.7. The molecule has 3 aromatic rings. The van der Waals surface area contributed by atoms with Gasteiger partial charge in [-0.15, -0.1) is 0 Å². The maximum atomic E-state index is 6.14. The highest BCUT2D eigenvalue weighted by atomic mass is 79.9. The Morgan fingerprint density at radius 3 is 2.75 bits per heavy atom. The monoisotopic (exact) mass is 328 g/mol. The number of nitrogen functional groups attached to an aromatic ring is 1. The number of benzene rings is 2. The summed E-state index contributed by atoms with van der Waals surface area (Å²) >= 11 is 3.51. The van der Waals surface area contributed by atoms with Crippen LogP contribution in [-0.2, 0) is 6.61 Å². The molecule has 0 bridgehead atoms. The van der Waals surface area contributed by atoms with Gasteiger partial charge in [0.1, 0.15) is 12.4 Å². The van der Waals surface area contributed by atoms with Gasteiger partial charge in [0.15, 0.2) is 0 Å². The highest BCUT2D eigenvalue weighted by molar-refractivity contribution is 9.10. The second kappa shape index (κ2) is 5.51. The summed E-state index contributed by atoms with van der Waals surface area (Å²) in [6.45, 7) is 0.470. The van der Waals surface area contributed by atoms with Crippen molar-refractivity contribution in [2.75, 3.05) is 5.73 Å². The lowest BCUT2D eigenvalue weighted by Gasteiger charge is -2.11. The van der Waals surface area contributed by atoms with E-state index in [4.69, 9.17) is 10.5 Å². The van der Waals surface area contributed by atoms with E-state index >= 15 is 0 Å². The molecule has 20 heavy (non-hydrogen) atoms. The number of nitrogens with two attached hydrogens (primary N) is 1. The van der Waals surface area contributed by atoms with Gasteiger partial charge >= 0.3 is 0 Å². The Morgan fingerprint density at radius 2 is 1.90 bits per heavy atom. The summed E-state index contributed by atoms with van der Waals surface area (Å²) in [5, 5.41) is 0.914. The van der Waals surface area contributed by atoms with Crippen molar-refractivity contribution in [3.63, 3.8) is 0 Å². The molecule has 2 aromatic carbocycles. The Labute approximate surface area is 125 Å². The molecule has 0 amide bonds.